The molecule has 2 rings (SSSR count). The van der Waals surface area contributed by atoms with Gasteiger partial charge in [-0.3, -0.25) is 0 Å². The number of cyclic esters (lactones) is 1. The molecule has 5 nitrogen and oxygen atoms in total. The first-order valence-electron chi connectivity index (χ1n) is 5.80. The van der Waals surface area contributed by atoms with Crippen LogP contribution in [0.15, 0.2) is 35.0 Å². The Morgan fingerprint density at radius 2 is 2.11 bits per heavy atom. The van der Waals surface area contributed by atoms with Gasteiger partial charge in [-0.1, -0.05) is 23.7 Å². The summed E-state index contributed by atoms with van der Waals surface area (Å²) in [6, 6.07) is 6.61. The number of aromatic hydroxyl groups is 1. The maximum absolute atomic E-state index is 11.5. The van der Waals surface area contributed by atoms with Gasteiger partial charge < -0.3 is 19.9 Å². The maximum atomic E-state index is 11.5. The zero-order valence-corrected chi connectivity index (χ0v) is 11.3. The lowest BCUT2D eigenvalue weighted by Crippen LogP contribution is -2.23. The number of carbonyl (C=O) groups excluding carboxylic acids is 1. The minimum Gasteiger partial charge on any atom is -0.506 e. The second kappa shape index (κ2) is 5.50. The van der Waals surface area contributed by atoms with Crippen molar-refractivity contribution in [3.05, 3.63) is 35.0 Å². The second-order valence-corrected chi connectivity index (χ2v) is 4.67. The predicted octanol–water partition coefficient (Wildman–Crippen LogP) is 2.56. The minimum absolute atomic E-state index is 0.0436. The molecule has 1 aromatic rings. The first-order chi connectivity index (χ1) is 8.99. The molecule has 0 aliphatic carbocycles. The molecule has 0 saturated heterocycles. The fraction of sp³-hybridized carbons (Fsp3) is 0.308. The Bertz CT molecular complexity index is 527. The largest absolute Gasteiger partial charge is 0.506 e. The summed E-state index contributed by atoms with van der Waals surface area (Å²) in [5, 5.41) is 12.5. The number of nitrogens with one attached hydrogen (secondary N) is 1. The van der Waals surface area contributed by atoms with Crippen molar-refractivity contribution in [2.24, 2.45) is 0 Å². The van der Waals surface area contributed by atoms with Crippen molar-refractivity contribution >= 4 is 23.3 Å². The molecule has 1 aliphatic rings. The van der Waals surface area contributed by atoms with Gasteiger partial charge in [0.05, 0.1) is 11.8 Å². The summed E-state index contributed by atoms with van der Waals surface area (Å²) in [7, 11) is 0. The molecule has 6 heteroatoms. The lowest BCUT2D eigenvalue weighted by Gasteiger charge is -2.18. The predicted molar refractivity (Wildman–Crippen MR) is 70.7 cm³/mol. The van der Waals surface area contributed by atoms with Gasteiger partial charge in [-0.25, -0.2) is 4.79 Å². The number of esters is 1. The van der Waals surface area contributed by atoms with E-state index < -0.39 is 12.3 Å². The Labute approximate surface area is 115 Å². The third-order valence-electron chi connectivity index (χ3n) is 2.43. The number of hydrogen-bond acceptors (Lipinski definition) is 5. The fourth-order valence-corrected chi connectivity index (χ4v) is 1.78. The van der Waals surface area contributed by atoms with Gasteiger partial charge in [0.15, 0.2) is 5.03 Å². The minimum atomic E-state index is -0.889. The van der Waals surface area contributed by atoms with E-state index >= 15 is 0 Å². The van der Waals surface area contributed by atoms with E-state index in [0.29, 0.717) is 11.4 Å². The fourth-order valence-electron chi connectivity index (χ4n) is 1.60. The lowest BCUT2D eigenvalue weighted by molar-refractivity contribution is -0.165. The number of rotatable bonds is 4. The zero-order chi connectivity index (χ0) is 14.0. The molecule has 2 N–H and O–H groups in total. The van der Waals surface area contributed by atoms with Gasteiger partial charge in [-0.15, -0.1) is 0 Å². The van der Waals surface area contributed by atoms with Gasteiger partial charge in [0, 0.05) is 0 Å². The molecule has 0 saturated carbocycles. The monoisotopic (exact) mass is 283 g/mol. The van der Waals surface area contributed by atoms with Gasteiger partial charge in [0.2, 0.25) is 6.29 Å². The van der Waals surface area contributed by atoms with Crippen molar-refractivity contribution in [1.82, 2.24) is 0 Å². The molecule has 0 spiro atoms. The standard InChI is InChI=1S/C13H14ClNO4/c1-7(2)18-13-11(10(14)12(17)19-13)15-8-5-3-4-6-9(8)16/h3-7,13,15-16H,1-2H3/t13-/m1/s1. The smallest absolute Gasteiger partial charge is 0.354 e. The molecule has 0 amide bonds. The van der Waals surface area contributed by atoms with Crippen LogP contribution in [0, 0.1) is 0 Å². The number of ether oxygens (including phenoxy) is 2. The highest BCUT2D eigenvalue weighted by Gasteiger charge is 2.35. The van der Waals surface area contributed by atoms with E-state index in [1.807, 2.05) is 13.8 Å². The topological polar surface area (TPSA) is 67.8 Å². The molecule has 1 aliphatic heterocycles. The van der Waals surface area contributed by atoms with E-state index in [9.17, 15) is 9.90 Å². The first-order valence-corrected chi connectivity index (χ1v) is 6.18. The highest BCUT2D eigenvalue weighted by Crippen LogP contribution is 2.31. The van der Waals surface area contributed by atoms with Gasteiger partial charge >= 0.3 is 5.97 Å². The number of phenols is 1. The van der Waals surface area contributed by atoms with Crippen LogP contribution in [-0.2, 0) is 14.3 Å². The van der Waals surface area contributed by atoms with Crippen LogP contribution in [0.1, 0.15) is 13.8 Å². The Hall–Kier alpha value is -1.72. The Kier molecular flexibility index (Phi) is 3.97. The summed E-state index contributed by atoms with van der Waals surface area (Å²) in [6.45, 7) is 3.63. The van der Waals surface area contributed by atoms with E-state index in [1.165, 1.54) is 6.07 Å². The molecular weight excluding hydrogens is 270 g/mol. The molecule has 0 bridgehead atoms. The highest BCUT2D eigenvalue weighted by atomic mass is 35.5. The lowest BCUT2D eigenvalue weighted by atomic mass is 10.2. The van der Waals surface area contributed by atoms with Crippen molar-refractivity contribution in [2.45, 2.75) is 26.2 Å². The van der Waals surface area contributed by atoms with Crippen LogP contribution in [-0.4, -0.2) is 23.5 Å². The Morgan fingerprint density at radius 1 is 1.42 bits per heavy atom. The van der Waals surface area contributed by atoms with Gasteiger partial charge in [0.1, 0.15) is 11.4 Å². The second-order valence-electron chi connectivity index (χ2n) is 4.29. The quantitative estimate of drug-likeness (QED) is 0.657. The number of phenolic OH excluding ortho intramolecular Hbond substituents is 1. The number of hydrogen-bond donors (Lipinski definition) is 2. The average Bonchev–Trinajstić information content (AvgIpc) is 2.59. The molecular formula is C13H14ClNO4. The Balaban J connectivity index is 2.25. The molecule has 0 aromatic heterocycles. The van der Waals surface area contributed by atoms with E-state index in [2.05, 4.69) is 5.32 Å². The highest BCUT2D eigenvalue weighted by molar-refractivity contribution is 6.42. The van der Waals surface area contributed by atoms with Crippen LogP contribution >= 0.6 is 11.6 Å². The van der Waals surface area contributed by atoms with E-state index in [0.717, 1.165) is 0 Å². The van der Waals surface area contributed by atoms with E-state index in [4.69, 9.17) is 21.1 Å². The van der Waals surface area contributed by atoms with Crippen molar-refractivity contribution in [3.63, 3.8) is 0 Å². The van der Waals surface area contributed by atoms with Crippen molar-refractivity contribution in [1.29, 1.82) is 0 Å². The summed E-state index contributed by atoms with van der Waals surface area (Å²) in [5.74, 6) is -0.604. The number of halogens is 1. The van der Waals surface area contributed by atoms with Crippen LogP contribution in [0.3, 0.4) is 0 Å². The molecule has 1 aromatic carbocycles. The Morgan fingerprint density at radius 3 is 2.74 bits per heavy atom. The summed E-state index contributed by atoms with van der Waals surface area (Å²) < 4.78 is 10.4. The third kappa shape index (κ3) is 3.00. The molecule has 1 heterocycles. The summed E-state index contributed by atoms with van der Waals surface area (Å²) in [5.41, 5.74) is 0.716. The summed E-state index contributed by atoms with van der Waals surface area (Å²) in [4.78, 5) is 11.5. The van der Waals surface area contributed by atoms with Crippen molar-refractivity contribution in [2.75, 3.05) is 5.32 Å². The summed E-state index contributed by atoms with van der Waals surface area (Å²) in [6.07, 6.45) is -1.03. The number of benzene rings is 1. The average molecular weight is 284 g/mol. The molecule has 19 heavy (non-hydrogen) atoms. The van der Waals surface area contributed by atoms with Gasteiger partial charge in [0.25, 0.3) is 0 Å². The van der Waals surface area contributed by atoms with Crippen LogP contribution in [0.5, 0.6) is 5.75 Å². The first kappa shape index (κ1) is 13.7. The SMILES string of the molecule is CC(C)O[C@@H]1OC(=O)C(Cl)=C1Nc1ccccc1O. The number of para-hydroxylation sites is 2. The van der Waals surface area contributed by atoms with Crippen molar-refractivity contribution < 1.29 is 19.4 Å². The normalized spacial score (nSPS) is 18.9. The van der Waals surface area contributed by atoms with Crippen LogP contribution < -0.4 is 5.32 Å². The molecule has 0 radical (unpaired) electrons. The van der Waals surface area contributed by atoms with Gasteiger partial charge in [-0.05, 0) is 26.0 Å². The molecule has 0 unspecified atom stereocenters. The molecule has 102 valence electrons. The molecule has 1 atom stereocenters. The van der Waals surface area contributed by atoms with Gasteiger partial charge in [-0.2, -0.15) is 0 Å². The number of anilines is 1. The molecule has 0 fully saturated rings. The number of carbonyl (C=O) groups is 1. The van der Waals surface area contributed by atoms with Crippen molar-refractivity contribution in [3.8, 4) is 5.75 Å². The van der Waals surface area contributed by atoms with E-state index in [-0.39, 0.29) is 16.9 Å². The third-order valence-corrected chi connectivity index (χ3v) is 2.79. The van der Waals surface area contributed by atoms with E-state index in [1.54, 1.807) is 18.2 Å². The maximum Gasteiger partial charge on any atom is 0.354 e. The zero-order valence-electron chi connectivity index (χ0n) is 10.5. The van der Waals surface area contributed by atoms with Crippen LogP contribution in [0.4, 0.5) is 5.69 Å². The van der Waals surface area contributed by atoms with Crippen LogP contribution in [0.25, 0.3) is 0 Å². The summed E-state index contributed by atoms with van der Waals surface area (Å²) >= 11 is 5.89. The van der Waals surface area contributed by atoms with Crippen LogP contribution in [0.2, 0.25) is 0 Å².